The maximum atomic E-state index is 13.4. The van der Waals surface area contributed by atoms with Crippen molar-refractivity contribution >= 4 is 23.6 Å². The molecule has 15 heteroatoms. The van der Waals surface area contributed by atoms with Crippen LogP contribution >= 0.6 is 0 Å². The molecule has 2 aromatic rings. The van der Waals surface area contributed by atoms with Crippen LogP contribution in [0.2, 0.25) is 0 Å². The van der Waals surface area contributed by atoms with Gasteiger partial charge in [-0.1, -0.05) is 44.2 Å². The number of rotatable bonds is 6. The fraction of sp³-hybridized carbons (Fsp3) is 0.517. The summed E-state index contributed by atoms with van der Waals surface area (Å²) in [5, 5.41) is 20.9. The van der Waals surface area contributed by atoms with Crippen LogP contribution in [0.5, 0.6) is 0 Å². The molecule has 1 aromatic carbocycles. The fourth-order valence-corrected chi connectivity index (χ4v) is 4.62. The van der Waals surface area contributed by atoms with Gasteiger partial charge in [-0.2, -0.15) is 13.2 Å². The van der Waals surface area contributed by atoms with Gasteiger partial charge in [0.2, 0.25) is 29.5 Å². The Bertz CT molecular complexity index is 1320. The predicted molar refractivity (Wildman–Crippen MR) is 153 cm³/mol. The largest absolute Gasteiger partial charge is 0.451 e. The number of alkyl halides is 3. The van der Waals surface area contributed by atoms with Crippen molar-refractivity contribution in [3.05, 3.63) is 59.2 Å². The number of nitrogens with one attached hydrogen (secondary N) is 4. The number of halogens is 3. The molecule has 0 saturated carbocycles. The molecule has 44 heavy (non-hydrogen) atoms. The number of aliphatic hydroxyl groups is 1. The summed E-state index contributed by atoms with van der Waals surface area (Å²) < 4.78 is 39.2. The van der Waals surface area contributed by atoms with E-state index in [1.807, 2.05) is 0 Å². The molecule has 1 saturated heterocycles. The van der Waals surface area contributed by atoms with Gasteiger partial charge in [0.25, 0.3) is 0 Å². The molecule has 0 bridgehead atoms. The van der Waals surface area contributed by atoms with Crippen molar-refractivity contribution in [2.75, 3.05) is 19.6 Å². The van der Waals surface area contributed by atoms with Crippen LogP contribution in [0.4, 0.5) is 13.2 Å². The molecule has 12 nitrogen and oxygen atoms in total. The Morgan fingerprint density at radius 3 is 2.25 bits per heavy atom. The van der Waals surface area contributed by atoms with Crippen LogP contribution < -0.4 is 21.3 Å². The zero-order chi connectivity index (χ0) is 32.6. The summed E-state index contributed by atoms with van der Waals surface area (Å²) in [6.45, 7) is 5.86. The Balaban J connectivity index is 1.91. The Kier molecular flexibility index (Phi) is 11.8. The van der Waals surface area contributed by atoms with Crippen LogP contribution in [0.25, 0.3) is 0 Å². The third-order valence-electron chi connectivity index (χ3n) is 7.07. The molecular weight excluding hydrogens is 583 g/mol. The summed E-state index contributed by atoms with van der Waals surface area (Å²) in [5.74, 6) is -4.27. The van der Waals surface area contributed by atoms with Gasteiger partial charge < -0.3 is 26.4 Å². The summed E-state index contributed by atoms with van der Waals surface area (Å²) in [5.41, 5.74) is 1.12. The van der Waals surface area contributed by atoms with E-state index in [-0.39, 0.29) is 44.2 Å². The maximum Gasteiger partial charge on any atom is 0.451 e. The first-order valence-corrected chi connectivity index (χ1v) is 14.2. The molecule has 4 atom stereocenters. The lowest BCUT2D eigenvalue weighted by Crippen LogP contribution is -2.60. The first kappa shape index (κ1) is 34.4. The van der Waals surface area contributed by atoms with E-state index in [1.54, 1.807) is 49.1 Å². The summed E-state index contributed by atoms with van der Waals surface area (Å²) in [7, 11) is 0. The minimum atomic E-state index is -4.72. The van der Waals surface area contributed by atoms with Crippen LogP contribution in [-0.2, 0) is 38.3 Å². The second kappa shape index (κ2) is 15.1. The van der Waals surface area contributed by atoms with Crippen LogP contribution in [0.1, 0.15) is 43.4 Å². The van der Waals surface area contributed by atoms with Crippen LogP contribution in [0, 0.1) is 12.8 Å². The van der Waals surface area contributed by atoms with Crippen molar-refractivity contribution in [2.24, 2.45) is 5.92 Å². The lowest BCUT2D eigenvalue weighted by molar-refractivity contribution is -0.145. The number of aliphatic hydroxyl groups excluding tert-OH is 1. The molecule has 4 amide bonds. The lowest BCUT2D eigenvalue weighted by Gasteiger charge is -2.27. The number of benzene rings is 1. The van der Waals surface area contributed by atoms with Gasteiger partial charge in [0.05, 0.1) is 12.6 Å². The van der Waals surface area contributed by atoms with Crippen LogP contribution in [0.15, 0.2) is 36.5 Å². The molecule has 1 aliphatic heterocycles. The number of aryl methyl sites for hydroxylation is 1. The molecule has 3 rings (SSSR count). The fourth-order valence-electron chi connectivity index (χ4n) is 4.62. The van der Waals surface area contributed by atoms with E-state index >= 15 is 0 Å². The number of carbonyl (C=O) groups is 4. The van der Waals surface area contributed by atoms with Crippen molar-refractivity contribution in [2.45, 2.75) is 71.1 Å². The minimum Gasteiger partial charge on any atom is -0.391 e. The van der Waals surface area contributed by atoms with Gasteiger partial charge in [0.1, 0.15) is 18.1 Å². The molecule has 0 aliphatic carbocycles. The predicted octanol–water partition coefficient (Wildman–Crippen LogP) is 0.470. The highest BCUT2D eigenvalue weighted by molar-refractivity contribution is 5.95. The molecule has 2 heterocycles. The summed E-state index contributed by atoms with van der Waals surface area (Å²) >= 11 is 0. The molecule has 0 spiro atoms. The Labute approximate surface area is 253 Å². The normalized spacial score (nSPS) is 22.2. The highest BCUT2D eigenvalue weighted by Gasteiger charge is 2.35. The Morgan fingerprint density at radius 1 is 0.977 bits per heavy atom. The van der Waals surface area contributed by atoms with E-state index in [0.717, 1.165) is 11.8 Å². The molecule has 0 radical (unpaired) electrons. The number of nitrogens with zero attached hydrogens (tertiary/aromatic N) is 3. The number of hydrogen-bond acceptors (Lipinski definition) is 8. The molecule has 1 fully saturated rings. The zero-order valence-electron chi connectivity index (χ0n) is 24.9. The van der Waals surface area contributed by atoms with Crippen molar-refractivity contribution < 1.29 is 37.5 Å². The van der Waals surface area contributed by atoms with E-state index in [1.165, 1.54) is 13.8 Å². The standard InChI is InChI=1S/C29H38F3N7O5/c1-16(2)23-27(44)36-21(12-19-8-6-5-7-9-19)25(42)38-24(18(4)40)26(43)33-10-11-39(15-22(41)37-23)14-20-13-34-28(29(30,31)32)35-17(20)3/h5-9,13,16,18,21,23-24,40H,10-12,14-15H2,1-4H3,(H,33,43)(H,36,44)(H,37,41)(H,38,42)/t18-,21+,23-,24+/m1/s1. The second-order valence-electron chi connectivity index (χ2n) is 11.1. The van der Waals surface area contributed by atoms with Crippen LogP contribution in [-0.4, -0.2) is 87.5 Å². The lowest BCUT2D eigenvalue weighted by atomic mass is 10.0. The molecule has 0 unspecified atom stereocenters. The van der Waals surface area contributed by atoms with Gasteiger partial charge in [-0.05, 0) is 25.3 Å². The highest BCUT2D eigenvalue weighted by atomic mass is 19.4. The van der Waals surface area contributed by atoms with Crippen molar-refractivity contribution in [3.63, 3.8) is 0 Å². The summed E-state index contributed by atoms with van der Waals surface area (Å²) in [6, 6.07) is 5.35. The third kappa shape index (κ3) is 9.71. The van der Waals surface area contributed by atoms with Crippen molar-refractivity contribution in [1.82, 2.24) is 36.1 Å². The maximum absolute atomic E-state index is 13.4. The zero-order valence-corrected chi connectivity index (χ0v) is 24.9. The molecule has 1 aromatic heterocycles. The first-order valence-electron chi connectivity index (χ1n) is 14.2. The van der Waals surface area contributed by atoms with Crippen molar-refractivity contribution in [1.29, 1.82) is 0 Å². The van der Waals surface area contributed by atoms with Gasteiger partial charge in [-0.15, -0.1) is 0 Å². The van der Waals surface area contributed by atoms with Gasteiger partial charge in [-0.3, -0.25) is 24.1 Å². The number of hydrogen-bond donors (Lipinski definition) is 5. The van der Waals surface area contributed by atoms with E-state index in [4.69, 9.17) is 0 Å². The average Bonchev–Trinajstić information content (AvgIpc) is 2.94. The van der Waals surface area contributed by atoms with Gasteiger partial charge in [-0.25, -0.2) is 9.97 Å². The minimum absolute atomic E-state index is 0.0377. The van der Waals surface area contributed by atoms with E-state index in [9.17, 15) is 37.5 Å². The molecule has 240 valence electrons. The van der Waals surface area contributed by atoms with E-state index in [2.05, 4.69) is 31.2 Å². The number of carbonyl (C=O) groups excluding carboxylic acids is 4. The average molecular weight is 622 g/mol. The van der Waals surface area contributed by atoms with E-state index in [0.29, 0.717) is 5.56 Å². The quantitative estimate of drug-likeness (QED) is 0.311. The first-order chi connectivity index (χ1) is 20.6. The molecular formula is C29H38F3N7O5. The van der Waals surface area contributed by atoms with E-state index < -0.39 is 59.9 Å². The summed E-state index contributed by atoms with van der Waals surface area (Å²) in [6.07, 6.45) is -4.90. The van der Waals surface area contributed by atoms with Gasteiger partial charge in [0.15, 0.2) is 0 Å². The Morgan fingerprint density at radius 2 is 1.66 bits per heavy atom. The smallest absolute Gasteiger partial charge is 0.391 e. The summed E-state index contributed by atoms with van der Waals surface area (Å²) in [4.78, 5) is 61.5. The molecule has 1 aliphatic rings. The topological polar surface area (TPSA) is 166 Å². The van der Waals surface area contributed by atoms with Gasteiger partial charge >= 0.3 is 6.18 Å². The second-order valence-corrected chi connectivity index (χ2v) is 11.1. The highest BCUT2D eigenvalue weighted by Crippen LogP contribution is 2.26. The number of aromatic nitrogens is 2. The number of amides is 4. The van der Waals surface area contributed by atoms with Crippen molar-refractivity contribution in [3.8, 4) is 0 Å². The molecule has 5 N–H and O–H groups in total. The van der Waals surface area contributed by atoms with Gasteiger partial charge in [0, 0.05) is 43.5 Å². The third-order valence-corrected chi connectivity index (χ3v) is 7.07. The monoisotopic (exact) mass is 621 g/mol. The van der Waals surface area contributed by atoms with Crippen LogP contribution in [0.3, 0.4) is 0 Å². The SMILES string of the molecule is Cc1nc(C(F)(F)F)ncc1CN1CCNC(=O)[C@H]([C@@H](C)O)NC(=O)[C@H](Cc2ccccc2)NC(=O)[C@@H](C(C)C)NC(=O)C1. The Hall–Kier alpha value is -4.11.